The van der Waals surface area contributed by atoms with Crippen LogP contribution in [0.4, 0.5) is 0 Å². The monoisotopic (exact) mass is 546 g/mol. The third-order valence-electron chi connectivity index (χ3n) is 6.46. The number of carbonyl (C=O) groups is 1. The molecule has 0 unspecified atom stereocenters. The smallest absolute Gasteiger partial charge is 0.337 e. The van der Waals surface area contributed by atoms with Gasteiger partial charge in [-0.25, -0.2) is 4.79 Å². The lowest BCUT2D eigenvalue weighted by Gasteiger charge is -2.48. The van der Waals surface area contributed by atoms with Gasteiger partial charge in [-0.1, -0.05) is 0 Å². The Labute approximate surface area is 210 Å². The molecule has 0 aromatic heterocycles. The van der Waals surface area contributed by atoms with Gasteiger partial charge in [-0.15, -0.1) is 0 Å². The normalized spacial score (nSPS) is 49.0. The third-order valence-corrected chi connectivity index (χ3v) is 6.46. The third kappa shape index (κ3) is 6.06. The first-order valence-electron chi connectivity index (χ1n) is 11.4. The molecule has 9 N–H and O–H groups in total. The molecule has 0 aromatic rings. The van der Waals surface area contributed by atoms with E-state index in [4.69, 9.17) is 28.4 Å². The number of hydrogen-bond acceptors (Lipinski definition) is 17. The van der Waals surface area contributed by atoms with Crippen molar-refractivity contribution in [2.75, 3.05) is 27.4 Å². The van der Waals surface area contributed by atoms with Crippen molar-refractivity contribution in [3.63, 3.8) is 0 Å². The van der Waals surface area contributed by atoms with E-state index in [1.807, 2.05) is 0 Å². The Kier molecular flexibility index (Phi) is 10.5. The van der Waals surface area contributed by atoms with Crippen LogP contribution in [0.15, 0.2) is 0 Å². The van der Waals surface area contributed by atoms with Gasteiger partial charge in [0.2, 0.25) is 0 Å². The van der Waals surface area contributed by atoms with Crippen LogP contribution in [0, 0.1) is 0 Å². The summed E-state index contributed by atoms with van der Waals surface area (Å²) in [6.45, 7) is -1.51. The van der Waals surface area contributed by atoms with E-state index in [1.165, 1.54) is 7.11 Å². The molecule has 3 fully saturated rings. The van der Waals surface area contributed by atoms with Crippen molar-refractivity contribution in [3.05, 3.63) is 0 Å². The molecule has 0 aromatic carbocycles. The van der Waals surface area contributed by atoms with E-state index >= 15 is 0 Å². The summed E-state index contributed by atoms with van der Waals surface area (Å²) >= 11 is 0. The summed E-state index contributed by atoms with van der Waals surface area (Å²) in [6.07, 6.45) is -25.7. The Morgan fingerprint density at radius 3 is 1.54 bits per heavy atom. The maximum atomic E-state index is 11.9. The first-order valence-corrected chi connectivity index (χ1v) is 11.4. The maximum Gasteiger partial charge on any atom is 0.337 e. The highest BCUT2D eigenvalue weighted by molar-refractivity contribution is 5.75. The van der Waals surface area contributed by atoms with Gasteiger partial charge < -0.3 is 79.1 Å². The van der Waals surface area contributed by atoms with E-state index < -0.39 is 111 Å². The minimum atomic E-state index is -1.96. The zero-order chi connectivity index (χ0) is 27.6. The van der Waals surface area contributed by atoms with Crippen molar-refractivity contribution < 1.29 is 83.9 Å². The fourth-order valence-electron chi connectivity index (χ4n) is 4.32. The summed E-state index contributed by atoms with van der Waals surface area (Å²) in [5, 5.41) is 92.1. The van der Waals surface area contributed by atoms with Crippen molar-refractivity contribution in [2.24, 2.45) is 0 Å². The summed E-state index contributed by atoms with van der Waals surface area (Å²) in [4.78, 5) is 11.9. The molecule has 3 heterocycles. The molecule has 0 saturated carbocycles. The van der Waals surface area contributed by atoms with Crippen molar-refractivity contribution in [1.82, 2.24) is 0 Å². The van der Waals surface area contributed by atoms with E-state index in [0.717, 1.165) is 7.11 Å². The van der Waals surface area contributed by atoms with Crippen molar-refractivity contribution in [1.29, 1.82) is 0 Å². The molecule has 0 radical (unpaired) electrons. The van der Waals surface area contributed by atoms with Crippen LogP contribution in [0.1, 0.15) is 0 Å². The molecule has 0 spiro atoms. The molecule has 3 aliphatic rings. The number of rotatable bonds is 8. The number of esters is 1. The highest BCUT2D eigenvalue weighted by Crippen LogP contribution is 2.32. The quantitative estimate of drug-likeness (QED) is 0.128. The molecule has 0 bridgehead atoms. The first kappa shape index (κ1) is 30.4. The Bertz CT molecular complexity index is 726. The van der Waals surface area contributed by atoms with Crippen molar-refractivity contribution >= 4 is 5.97 Å². The van der Waals surface area contributed by atoms with E-state index in [0.29, 0.717) is 0 Å². The lowest BCUT2D eigenvalue weighted by atomic mass is 9.96. The topological polar surface area (TPSA) is 264 Å². The van der Waals surface area contributed by atoms with E-state index in [1.54, 1.807) is 0 Å². The van der Waals surface area contributed by atoms with E-state index in [2.05, 4.69) is 4.74 Å². The van der Waals surface area contributed by atoms with E-state index in [-0.39, 0.29) is 0 Å². The Balaban J connectivity index is 1.81. The molecule has 17 nitrogen and oxygen atoms in total. The van der Waals surface area contributed by atoms with Gasteiger partial charge in [0.25, 0.3) is 0 Å². The number of aliphatic hydroxyl groups is 9. The molecular formula is C20H34O17. The zero-order valence-corrected chi connectivity index (χ0v) is 19.9. The van der Waals surface area contributed by atoms with Gasteiger partial charge in [0, 0.05) is 7.11 Å². The van der Waals surface area contributed by atoms with Crippen molar-refractivity contribution in [2.45, 2.75) is 92.1 Å². The number of carbonyl (C=O) groups excluding carboxylic acids is 1. The summed E-state index contributed by atoms with van der Waals surface area (Å²) in [7, 11) is 2.17. The molecule has 3 aliphatic heterocycles. The van der Waals surface area contributed by atoms with Gasteiger partial charge in [-0.3, -0.25) is 0 Å². The Morgan fingerprint density at radius 1 is 0.622 bits per heavy atom. The highest BCUT2D eigenvalue weighted by Gasteiger charge is 2.54. The van der Waals surface area contributed by atoms with Gasteiger partial charge in [0.1, 0.15) is 67.1 Å². The minimum Gasteiger partial charge on any atom is -0.467 e. The summed E-state index contributed by atoms with van der Waals surface area (Å²) < 4.78 is 36.3. The summed E-state index contributed by atoms with van der Waals surface area (Å²) in [6, 6.07) is 0. The first-order chi connectivity index (χ1) is 17.5. The van der Waals surface area contributed by atoms with Gasteiger partial charge in [-0.05, 0) is 0 Å². The van der Waals surface area contributed by atoms with Crippen LogP contribution < -0.4 is 0 Å². The Hall–Kier alpha value is -1.13. The standard InChI is InChI=1S/C20H34O17/c1-31-17(30)16-10(26)9(25)11(27)19(37-16)35-15-8(24)6(4-22)34-20(13(15)29)36-14-7(23)5(3-21)33-18(32-2)12(14)28/h5-16,18-29H,3-4H2,1-2H3/t5-,6-,7-,8+,9+,10+,11-,12+,13-,14+,15+,16+,18+,19-,20-/m1/s1. The maximum absolute atomic E-state index is 11.9. The molecule has 0 aliphatic carbocycles. The predicted molar refractivity (Wildman–Crippen MR) is 111 cm³/mol. The SMILES string of the molecule is COC(=O)[C@H]1O[C@@H](O[C@H]2[C@@H](O)[C@@H](CO)O[C@H](O[C@@H]3[C@H](O)[C@@H](OC)O[C@H](CO)[C@H]3O)[C@@H]2O)[C@H](O)[C@@H](O)[C@@H]1O. The fourth-order valence-corrected chi connectivity index (χ4v) is 4.32. The van der Waals surface area contributed by atoms with Gasteiger partial charge in [0.05, 0.1) is 20.3 Å². The average Bonchev–Trinajstić information content (AvgIpc) is 2.89. The second-order valence-electron chi connectivity index (χ2n) is 8.77. The van der Waals surface area contributed by atoms with Crippen LogP contribution in [0.5, 0.6) is 0 Å². The fraction of sp³-hybridized carbons (Fsp3) is 0.950. The van der Waals surface area contributed by atoms with Crippen LogP contribution in [-0.2, 0) is 38.0 Å². The van der Waals surface area contributed by atoms with Gasteiger partial charge in [0.15, 0.2) is 25.0 Å². The van der Waals surface area contributed by atoms with Gasteiger partial charge in [-0.2, -0.15) is 0 Å². The van der Waals surface area contributed by atoms with Crippen LogP contribution in [0.25, 0.3) is 0 Å². The minimum absolute atomic E-state index is 0.683. The van der Waals surface area contributed by atoms with Crippen LogP contribution >= 0.6 is 0 Å². The largest absolute Gasteiger partial charge is 0.467 e. The number of aliphatic hydroxyl groups excluding tert-OH is 9. The van der Waals surface area contributed by atoms with Crippen LogP contribution in [0.3, 0.4) is 0 Å². The lowest BCUT2D eigenvalue weighted by molar-refractivity contribution is -0.378. The summed E-state index contributed by atoms with van der Waals surface area (Å²) in [5.41, 5.74) is 0. The lowest BCUT2D eigenvalue weighted by Crippen LogP contribution is -2.67. The molecular weight excluding hydrogens is 512 g/mol. The molecule has 37 heavy (non-hydrogen) atoms. The average molecular weight is 546 g/mol. The van der Waals surface area contributed by atoms with Gasteiger partial charge >= 0.3 is 5.97 Å². The summed E-state index contributed by atoms with van der Waals surface area (Å²) in [5.74, 6) is -1.11. The predicted octanol–water partition coefficient (Wildman–Crippen LogP) is -6.74. The number of hydrogen-bond donors (Lipinski definition) is 9. The zero-order valence-electron chi connectivity index (χ0n) is 19.9. The molecule has 3 rings (SSSR count). The number of methoxy groups -OCH3 is 2. The van der Waals surface area contributed by atoms with Crippen LogP contribution in [0.2, 0.25) is 0 Å². The highest BCUT2D eigenvalue weighted by atomic mass is 16.8. The second-order valence-corrected chi connectivity index (χ2v) is 8.77. The molecule has 0 amide bonds. The number of ether oxygens (including phenoxy) is 7. The molecule has 17 heteroatoms. The molecule has 15 atom stereocenters. The van der Waals surface area contributed by atoms with Crippen molar-refractivity contribution in [3.8, 4) is 0 Å². The molecule has 216 valence electrons. The second kappa shape index (κ2) is 12.8. The Morgan fingerprint density at radius 2 is 1.08 bits per heavy atom. The van der Waals surface area contributed by atoms with Crippen LogP contribution in [-0.4, -0.2) is 171 Å². The van der Waals surface area contributed by atoms with E-state index in [9.17, 15) is 50.8 Å². The molecule has 3 saturated heterocycles.